The topological polar surface area (TPSA) is 128 Å². The quantitative estimate of drug-likeness (QED) is 0.590. The number of rotatable bonds is 4. The van der Waals surface area contributed by atoms with Crippen molar-refractivity contribution in [3.8, 4) is 5.75 Å². The number of hydrazone groups is 1. The molecule has 8 heteroatoms. The van der Waals surface area contributed by atoms with E-state index in [1.165, 1.54) is 18.2 Å². The van der Waals surface area contributed by atoms with Crippen molar-refractivity contribution >= 4 is 29.2 Å². The monoisotopic (exact) mass is 291 g/mol. The number of hydrogen-bond acceptors (Lipinski definition) is 5. The van der Waals surface area contributed by atoms with Crippen LogP contribution in [-0.2, 0) is 20.8 Å². The van der Waals surface area contributed by atoms with Gasteiger partial charge in [0.25, 0.3) is 5.91 Å². The minimum absolute atomic E-state index is 0.0957. The van der Waals surface area contributed by atoms with Crippen LogP contribution in [0.3, 0.4) is 0 Å². The van der Waals surface area contributed by atoms with Gasteiger partial charge in [-0.3, -0.25) is 14.4 Å². The predicted octanol–water partition coefficient (Wildman–Crippen LogP) is 0.224. The van der Waals surface area contributed by atoms with Crippen molar-refractivity contribution in [1.29, 1.82) is 0 Å². The fraction of sp³-hybridized carbons (Fsp3) is 0.231. The molecule has 4 N–H and O–H groups in total. The van der Waals surface area contributed by atoms with Gasteiger partial charge in [0.2, 0.25) is 5.91 Å². The Bertz CT molecular complexity index is 639. The van der Waals surface area contributed by atoms with E-state index in [1.54, 1.807) is 0 Å². The molecule has 2 amide bonds. The molecule has 8 nitrogen and oxygen atoms in total. The van der Waals surface area contributed by atoms with Crippen LogP contribution in [0.5, 0.6) is 5.75 Å². The number of hydrogen-bond donors (Lipinski definition) is 4. The highest BCUT2D eigenvalue weighted by atomic mass is 16.4. The maximum absolute atomic E-state index is 11.9. The second-order valence-electron chi connectivity index (χ2n) is 4.47. The molecule has 1 aliphatic heterocycles. The Morgan fingerprint density at radius 2 is 2.10 bits per heavy atom. The predicted molar refractivity (Wildman–Crippen MR) is 72.9 cm³/mol. The molecule has 0 saturated carbocycles. The van der Waals surface area contributed by atoms with E-state index >= 15 is 0 Å². The minimum atomic E-state index is -1.02. The summed E-state index contributed by atoms with van der Waals surface area (Å²) < 4.78 is 0. The number of carbonyl (C=O) groups excluding carboxylic acids is 2. The Balaban J connectivity index is 2.13. The van der Waals surface area contributed by atoms with E-state index in [9.17, 15) is 19.5 Å². The number of amides is 2. The molecular weight excluding hydrogens is 278 g/mol. The first-order valence-electron chi connectivity index (χ1n) is 6.16. The summed E-state index contributed by atoms with van der Waals surface area (Å²) in [4.78, 5) is 33.5. The van der Waals surface area contributed by atoms with E-state index in [2.05, 4.69) is 15.8 Å². The largest absolute Gasteiger partial charge is 0.506 e. The van der Waals surface area contributed by atoms with Gasteiger partial charge in [-0.2, -0.15) is 5.10 Å². The molecule has 110 valence electrons. The van der Waals surface area contributed by atoms with Gasteiger partial charge < -0.3 is 15.5 Å². The molecule has 1 heterocycles. The summed E-state index contributed by atoms with van der Waals surface area (Å²) >= 11 is 0. The molecule has 2 rings (SSSR count). The van der Waals surface area contributed by atoms with Gasteiger partial charge in [0.1, 0.15) is 11.5 Å². The van der Waals surface area contributed by atoms with Crippen LogP contribution in [0.1, 0.15) is 18.4 Å². The lowest BCUT2D eigenvalue weighted by Crippen LogP contribution is -2.32. The first-order chi connectivity index (χ1) is 9.95. The summed E-state index contributed by atoms with van der Waals surface area (Å²) in [5.41, 5.74) is 2.87. The summed E-state index contributed by atoms with van der Waals surface area (Å²) in [5.74, 6) is -2.02. The van der Waals surface area contributed by atoms with Gasteiger partial charge in [0.15, 0.2) is 0 Å². The van der Waals surface area contributed by atoms with E-state index in [0.717, 1.165) is 0 Å². The zero-order chi connectivity index (χ0) is 15.4. The Hall–Kier alpha value is -2.90. The summed E-state index contributed by atoms with van der Waals surface area (Å²) in [6, 6.07) is 4.14. The number of aromatic hydroxyl groups is 1. The summed E-state index contributed by atoms with van der Waals surface area (Å²) in [6.07, 6.45) is 0.144. The molecule has 0 atom stereocenters. The van der Waals surface area contributed by atoms with E-state index < -0.39 is 11.9 Å². The average molecular weight is 291 g/mol. The molecule has 0 spiro atoms. The average Bonchev–Trinajstić information content (AvgIpc) is 2.42. The maximum atomic E-state index is 11.9. The highest BCUT2D eigenvalue weighted by molar-refractivity contribution is 6.43. The van der Waals surface area contributed by atoms with Gasteiger partial charge in [-0.15, -0.1) is 0 Å². The normalized spacial score (nSPS) is 14.1. The van der Waals surface area contributed by atoms with Gasteiger partial charge in [0.05, 0.1) is 12.1 Å². The molecule has 0 unspecified atom stereocenters. The number of carboxylic acids is 1. The number of nitrogens with zero attached hydrogens (tertiary/aromatic N) is 1. The van der Waals surface area contributed by atoms with Gasteiger partial charge >= 0.3 is 5.97 Å². The molecular formula is C13H13N3O5. The third-order valence-electron chi connectivity index (χ3n) is 2.83. The lowest BCUT2D eigenvalue weighted by atomic mass is 10.1. The van der Waals surface area contributed by atoms with Crippen LogP contribution in [-0.4, -0.2) is 33.7 Å². The number of phenolic OH excluding ortho intramolecular Hbond substituents is 1. The van der Waals surface area contributed by atoms with Gasteiger partial charge in [-0.1, -0.05) is 6.07 Å². The Morgan fingerprint density at radius 3 is 2.71 bits per heavy atom. The van der Waals surface area contributed by atoms with Gasteiger partial charge in [-0.05, 0) is 17.7 Å². The fourth-order valence-corrected chi connectivity index (χ4v) is 1.80. The number of carboxylic acid groups (broad SMARTS) is 1. The highest BCUT2D eigenvalue weighted by Gasteiger charge is 2.19. The number of aliphatic carboxylic acids is 1. The Morgan fingerprint density at radius 1 is 1.33 bits per heavy atom. The van der Waals surface area contributed by atoms with Gasteiger partial charge in [-0.25, -0.2) is 5.43 Å². The molecule has 1 aliphatic rings. The summed E-state index contributed by atoms with van der Waals surface area (Å²) in [6.45, 7) is 0. The molecule has 1 aromatic carbocycles. The Kier molecular flexibility index (Phi) is 4.17. The zero-order valence-electron chi connectivity index (χ0n) is 10.9. The van der Waals surface area contributed by atoms with Crippen molar-refractivity contribution in [2.24, 2.45) is 5.10 Å². The van der Waals surface area contributed by atoms with Crippen LogP contribution in [0.15, 0.2) is 23.3 Å². The van der Waals surface area contributed by atoms with E-state index in [-0.39, 0.29) is 42.3 Å². The molecule has 0 radical (unpaired) electrons. The summed E-state index contributed by atoms with van der Waals surface area (Å²) in [5, 5.41) is 24.5. The van der Waals surface area contributed by atoms with Crippen molar-refractivity contribution in [3.05, 3.63) is 23.8 Å². The van der Waals surface area contributed by atoms with Crippen LogP contribution in [0, 0.1) is 0 Å². The van der Waals surface area contributed by atoms with Crippen LogP contribution >= 0.6 is 0 Å². The number of nitrogens with one attached hydrogen (secondary N) is 2. The second-order valence-corrected chi connectivity index (χ2v) is 4.47. The van der Waals surface area contributed by atoms with Gasteiger partial charge in [0, 0.05) is 12.8 Å². The molecule has 1 aromatic rings. The number of carbonyl (C=O) groups is 3. The standard InChI is InChI=1S/C13H13N3O5/c17-10-3-1-7(6-12(19)20)5-9(10)14-13(21)8-2-4-11(18)16-15-8/h1,3,5,17H,2,4,6H2,(H,14,21)(H,16,18)(H,19,20). The second kappa shape index (κ2) is 6.04. The third kappa shape index (κ3) is 3.78. The maximum Gasteiger partial charge on any atom is 0.307 e. The van der Waals surface area contributed by atoms with Crippen molar-refractivity contribution < 1.29 is 24.6 Å². The molecule has 0 aromatic heterocycles. The molecule has 0 saturated heterocycles. The third-order valence-corrected chi connectivity index (χ3v) is 2.83. The summed E-state index contributed by atoms with van der Waals surface area (Å²) in [7, 11) is 0. The molecule has 0 fully saturated rings. The first kappa shape index (κ1) is 14.5. The first-order valence-corrected chi connectivity index (χ1v) is 6.16. The highest BCUT2D eigenvalue weighted by Crippen LogP contribution is 2.24. The smallest absolute Gasteiger partial charge is 0.307 e. The lowest BCUT2D eigenvalue weighted by Gasteiger charge is -2.13. The molecule has 0 aliphatic carbocycles. The van der Waals surface area contributed by atoms with E-state index in [4.69, 9.17) is 5.11 Å². The number of benzene rings is 1. The lowest BCUT2D eigenvalue weighted by molar-refractivity contribution is -0.136. The van der Waals surface area contributed by atoms with E-state index in [1.807, 2.05) is 0 Å². The number of anilines is 1. The van der Waals surface area contributed by atoms with Crippen LogP contribution in [0.2, 0.25) is 0 Å². The number of phenols is 1. The van der Waals surface area contributed by atoms with Crippen molar-refractivity contribution in [3.63, 3.8) is 0 Å². The van der Waals surface area contributed by atoms with E-state index in [0.29, 0.717) is 5.56 Å². The zero-order valence-corrected chi connectivity index (χ0v) is 10.9. The fourth-order valence-electron chi connectivity index (χ4n) is 1.80. The Labute approximate surface area is 119 Å². The molecule has 0 bridgehead atoms. The van der Waals surface area contributed by atoms with Crippen LogP contribution in [0.4, 0.5) is 5.69 Å². The minimum Gasteiger partial charge on any atom is -0.506 e. The van der Waals surface area contributed by atoms with Crippen molar-refractivity contribution in [1.82, 2.24) is 5.43 Å². The van der Waals surface area contributed by atoms with Crippen LogP contribution < -0.4 is 10.7 Å². The van der Waals surface area contributed by atoms with Crippen molar-refractivity contribution in [2.45, 2.75) is 19.3 Å². The van der Waals surface area contributed by atoms with Crippen molar-refractivity contribution in [2.75, 3.05) is 5.32 Å². The SMILES string of the molecule is O=C(O)Cc1ccc(O)c(NC(=O)C2=NNC(=O)CC2)c1. The molecule has 21 heavy (non-hydrogen) atoms. The van der Waals surface area contributed by atoms with Crippen LogP contribution in [0.25, 0.3) is 0 Å².